The first kappa shape index (κ1) is 30.1. The van der Waals surface area contributed by atoms with E-state index in [0.717, 1.165) is 22.3 Å². The van der Waals surface area contributed by atoms with Crippen molar-refractivity contribution in [1.29, 1.82) is 0 Å². The molecule has 0 heterocycles. The van der Waals surface area contributed by atoms with Crippen LogP contribution >= 0.6 is 0 Å². The van der Waals surface area contributed by atoms with Crippen molar-refractivity contribution in [2.24, 2.45) is 0 Å². The van der Waals surface area contributed by atoms with E-state index < -0.39 is 6.36 Å². The Bertz CT molecular complexity index is 1080. The van der Waals surface area contributed by atoms with Crippen LogP contribution in [0.4, 0.5) is 13.2 Å². The van der Waals surface area contributed by atoms with E-state index in [1.165, 1.54) is 24.8 Å². The average molecular weight is 547 g/mol. The molecule has 0 aliphatic heterocycles. The van der Waals surface area contributed by atoms with Gasteiger partial charge in [-0.1, -0.05) is 62.7 Å². The Morgan fingerprint density at radius 2 is 1.44 bits per heavy atom. The van der Waals surface area contributed by atoms with E-state index in [4.69, 9.17) is 4.74 Å². The molecule has 0 amide bonds. The van der Waals surface area contributed by atoms with Gasteiger partial charge in [0.1, 0.15) is 11.5 Å². The summed E-state index contributed by atoms with van der Waals surface area (Å²) in [5.74, 6) is -0.0258. The first-order valence-electron chi connectivity index (χ1n) is 10.2. The summed E-state index contributed by atoms with van der Waals surface area (Å²) in [7, 11) is 3.17. The Hall–Kier alpha value is -1.93. The van der Waals surface area contributed by atoms with Crippen LogP contribution < -0.4 is 9.47 Å². The standard InChI is InChI=1S/C26H27F3NO2.H2N.Y/c1-25(2,3)21-8-6-18(7-9-21)19-12-17(16-30-4)13-20(14-19)23-11-10-22(15-24(23)31-5)32-26(27,28)29;;/h6-15H,16H2,1-5H3;1H2;/q2*-1;. The molecular formula is C26H29F3N2O2Y-2. The monoisotopic (exact) mass is 547 g/mol. The van der Waals surface area contributed by atoms with Crippen LogP contribution in [0.3, 0.4) is 0 Å². The van der Waals surface area contributed by atoms with E-state index in [0.29, 0.717) is 17.9 Å². The maximum Gasteiger partial charge on any atom is 0.573 e. The third kappa shape index (κ3) is 7.80. The average Bonchev–Trinajstić information content (AvgIpc) is 2.72. The Balaban J connectivity index is 0.00000289. The van der Waals surface area contributed by atoms with E-state index >= 15 is 0 Å². The summed E-state index contributed by atoms with van der Waals surface area (Å²) in [4.78, 5) is 0. The minimum Gasteiger partial charge on any atom is -0.693 e. The first-order chi connectivity index (χ1) is 15.0. The smallest absolute Gasteiger partial charge is 0.573 e. The van der Waals surface area contributed by atoms with Gasteiger partial charge in [-0.25, -0.2) is 0 Å². The first-order valence-corrected chi connectivity index (χ1v) is 10.2. The van der Waals surface area contributed by atoms with Gasteiger partial charge < -0.3 is 20.9 Å². The van der Waals surface area contributed by atoms with Crippen molar-refractivity contribution in [1.82, 2.24) is 0 Å². The van der Waals surface area contributed by atoms with Crippen LogP contribution in [-0.4, -0.2) is 20.5 Å². The summed E-state index contributed by atoms with van der Waals surface area (Å²) in [6.45, 7) is 7.03. The molecule has 0 unspecified atom stereocenters. The minimum absolute atomic E-state index is 0. The van der Waals surface area contributed by atoms with Crippen LogP contribution in [-0.2, 0) is 44.7 Å². The second kappa shape index (κ2) is 12.2. The number of rotatable bonds is 6. The molecule has 181 valence electrons. The van der Waals surface area contributed by atoms with Crippen molar-refractivity contribution >= 4 is 0 Å². The molecule has 0 saturated heterocycles. The second-order valence-electron chi connectivity index (χ2n) is 8.63. The van der Waals surface area contributed by atoms with E-state index in [9.17, 15) is 13.2 Å². The summed E-state index contributed by atoms with van der Waals surface area (Å²) in [6, 6.07) is 18.6. The van der Waals surface area contributed by atoms with Crippen molar-refractivity contribution in [2.45, 2.75) is 39.1 Å². The van der Waals surface area contributed by atoms with Gasteiger partial charge in [-0.05, 0) is 45.9 Å². The predicted molar refractivity (Wildman–Crippen MR) is 128 cm³/mol. The van der Waals surface area contributed by atoms with E-state index in [2.05, 4.69) is 61.2 Å². The van der Waals surface area contributed by atoms with Crippen LogP contribution in [0.5, 0.6) is 11.5 Å². The predicted octanol–water partition coefficient (Wildman–Crippen LogP) is 8.44. The number of hydrogen-bond donors (Lipinski definition) is 0. The van der Waals surface area contributed by atoms with Gasteiger partial charge in [-0.3, -0.25) is 0 Å². The van der Waals surface area contributed by atoms with Gasteiger partial charge in [0, 0.05) is 44.3 Å². The molecule has 0 aliphatic rings. The van der Waals surface area contributed by atoms with Crippen molar-refractivity contribution in [2.75, 3.05) is 14.2 Å². The summed E-state index contributed by atoms with van der Waals surface area (Å²) < 4.78 is 47.2. The summed E-state index contributed by atoms with van der Waals surface area (Å²) in [5, 5.41) is 4.24. The number of ether oxygens (including phenoxy) is 2. The van der Waals surface area contributed by atoms with Crippen LogP contribution in [0.1, 0.15) is 31.9 Å². The molecule has 2 N–H and O–H groups in total. The quantitative estimate of drug-likeness (QED) is 0.311. The Kier molecular flexibility index (Phi) is 10.8. The molecule has 0 bridgehead atoms. The number of benzene rings is 3. The van der Waals surface area contributed by atoms with Gasteiger partial charge in [0.2, 0.25) is 0 Å². The molecule has 0 aromatic heterocycles. The molecule has 3 aromatic rings. The molecule has 8 heteroatoms. The van der Waals surface area contributed by atoms with Gasteiger partial charge in [-0.2, -0.15) is 7.05 Å². The topological polar surface area (TPSA) is 66.1 Å². The normalized spacial score (nSPS) is 11.3. The Morgan fingerprint density at radius 1 is 0.824 bits per heavy atom. The maximum absolute atomic E-state index is 12.6. The van der Waals surface area contributed by atoms with Gasteiger partial charge in [-0.15, -0.1) is 19.7 Å². The van der Waals surface area contributed by atoms with Crippen molar-refractivity contribution < 1.29 is 55.4 Å². The zero-order valence-electron chi connectivity index (χ0n) is 20.0. The maximum atomic E-state index is 12.6. The largest absolute Gasteiger partial charge is 0.693 e. The fourth-order valence-corrected chi connectivity index (χ4v) is 3.56. The van der Waals surface area contributed by atoms with Crippen molar-refractivity contribution in [3.63, 3.8) is 0 Å². The Morgan fingerprint density at radius 3 is 1.97 bits per heavy atom. The van der Waals surface area contributed by atoms with Crippen LogP contribution in [0.25, 0.3) is 33.7 Å². The summed E-state index contributed by atoms with van der Waals surface area (Å²) in [6.07, 6.45) is -4.76. The van der Waals surface area contributed by atoms with Gasteiger partial charge in [0.25, 0.3) is 0 Å². The van der Waals surface area contributed by atoms with Crippen molar-refractivity contribution in [3.8, 4) is 33.8 Å². The van der Waals surface area contributed by atoms with E-state index in [1.54, 1.807) is 13.1 Å². The molecule has 0 atom stereocenters. The van der Waals surface area contributed by atoms with E-state index in [1.807, 2.05) is 12.1 Å². The number of nitrogens with two attached hydrogens (primary N) is 1. The third-order valence-corrected chi connectivity index (χ3v) is 5.14. The van der Waals surface area contributed by atoms with E-state index in [-0.39, 0.29) is 50.0 Å². The fraction of sp³-hybridized carbons (Fsp3) is 0.308. The molecule has 1 radical (unpaired) electrons. The minimum atomic E-state index is -4.76. The SMILES string of the molecule is C[N-]Cc1cc(-c2ccc(C(C)(C)C)cc2)cc(-c2ccc(OC(F)(F)F)cc2OC)c1.[NH2-].[Y]. The van der Waals surface area contributed by atoms with Gasteiger partial charge in [0.15, 0.2) is 0 Å². The molecule has 0 saturated carbocycles. The summed E-state index contributed by atoms with van der Waals surface area (Å²) >= 11 is 0. The van der Waals surface area contributed by atoms with Crippen LogP contribution in [0, 0.1) is 0 Å². The molecular weight excluding hydrogens is 518 g/mol. The molecule has 0 aliphatic carbocycles. The molecule has 4 nitrogen and oxygen atoms in total. The van der Waals surface area contributed by atoms with Crippen molar-refractivity contribution in [3.05, 3.63) is 83.3 Å². The number of halogens is 3. The zero-order chi connectivity index (χ0) is 23.5. The number of hydrogen-bond acceptors (Lipinski definition) is 2. The van der Waals surface area contributed by atoms with Gasteiger partial charge in [0.05, 0.1) is 7.11 Å². The summed E-state index contributed by atoms with van der Waals surface area (Å²) in [5.41, 5.74) is 5.84. The second-order valence-corrected chi connectivity index (χ2v) is 8.63. The molecule has 0 spiro atoms. The molecule has 3 aromatic carbocycles. The molecule has 34 heavy (non-hydrogen) atoms. The number of nitrogens with zero attached hydrogens (tertiary/aromatic N) is 1. The van der Waals surface area contributed by atoms with Crippen LogP contribution in [0.2, 0.25) is 0 Å². The Labute approximate surface area is 224 Å². The number of alkyl halides is 3. The third-order valence-electron chi connectivity index (χ3n) is 5.14. The fourth-order valence-electron chi connectivity index (χ4n) is 3.56. The number of methoxy groups -OCH3 is 1. The molecule has 3 rings (SSSR count). The zero-order valence-corrected chi connectivity index (χ0v) is 22.9. The van der Waals surface area contributed by atoms with Crippen LogP contribution in [0.15, 0.2) is 60.7 Å². The van der Waals surface area contributed by atoms with Gasteiger partial charge >= 0.3 is 6.36 Å². The molecule has 0 fully saturated rings.